The Hall–Kier alpha value is -5.57. The molecule has 1 N–H and O–H groups in total. The first-order chi connectivity index (χ1) is 33.7. The van der Waals surface area contributed by atoms with Crippen LogP contribution in [0.25, 0.3) is 72.7 Å². The summed E-state index contributed by atoms with van der Waals surface area (Å²) in [4.78, 5) is 9.80. The van der Waals surface area contributed by atoms with E-state index in [2.05, 4.69) is 31.8 Å². The van der Waals surface area contributed by atoms with Crippen LogP contribution in [0.5, 0.6) is 5.75 Å². The molecule has 0 spiro atoms. The van der Waals surface area contributed by atoms with Gasteiger partial charge in [0, 0.05) is 52.4 Å². The number of nitrogens with zero attached hydrogens (tertiary/aromatic N) is 3. The van der Waals surface area contributed by atoms with Crippen molar-refractivity contribution in [2.24, 2.45) is 0 Å². The van der Waals surface area contributed by atoms with E-state index in [9.17, 15) is 6.48 Å². The van der Waals surface area contributed by atoms with Crippen molar-refractivity contribution in [3.63, 3.8) is 0 Å². The van der Waals surface area contributed by atoms with E-state index in [1.54, 1.807) is 18.2 Å². The van der Waals surface area contributed by atoms with E-state index in [0.717, 1.165) is 16.7 Å². The molecule has 0 amide bonds. The Labute approximate surface area is 395 Å². The Kier molecular flexibility index (Phi) is 7.95. The van der Waals surface area contributed by atoms with E-state index < -0.39 is 83.7 Å². The standard InChI is InChI=1S/C56H56N3O.Pt/c1-35-20-22-38(23-21-35)39-24-25-57-49(32-39)42-28-41(29-43(30-42)54(3,4)5)46-18-15-19-50-51(46)58-53(47-33-44(55(6,7)8)34-48(52(47)60)56(9,10)11)59(50)45-27-36(2)26-40(31-45)37-16-13-12-14-17-37;/h12-27,29-34,60H,1-11H3;/q-1;/i1D3,2D3,20D,21D,22D,23D,24D,25D,32D;. The van der Waals surface area contributed by atoms with Crippen LogP contribution in [0.4, 0.5) is 0 Å². The minimum absolute atomic E-state index is 0. The molecule has 0 fully saturated rings. The number of hydrogen-bond acceptors (Lipinski definition) is 3. The van der Waals surface area contributed by atoms with E-state index in [4.69, 9.17) is 21.4 Å². The van der Waals surface area contributed by atoms with Gasteiger partial charge in [0.05, 0.1) is 26.2 Å². The summed E-state index contributed by atoms with van der Waals surface area (Å²) in [7, 11) is 0. The molecule has 5 heteroatoms. The molecule has 61 heavy (non-hydrogen) atoms. The van der Waals surface area contributed by atoms with E-state index in [1.807, 2.05) is 119 Å². The smallest absolute Gasteiger partial charge is 0.148 e. The van der Waals surface area contributed by atoms with Crippen LogP contribution in [0.1, 0.15) is 108 Å². The molecular weight excluding hydrogens is 926 g/mol. The fourth-order valence-electron chi connectivity index (χ4n) is 7.39. The van der Waals surface area contributed by atoms with Gasteiger partial charge in [-0.2, -0.15) is 0 Å². The van der Waals surface area contributed by atoms with Gasteiger partial charge in [-0.05, 0) is 93.6 Å². The molecule has 0 atom stereocenters. The number of aromatic hydroxyl groups is 1. The third-order valence-corrected chi connectivity index (χ3v) is 10.7. The molecule has 0 saturated heterocycles. The number of hydrogen-bond donors (Lipinski definition) is 1. The summed E-state index contributed by atoms with van der Waals surface area (Å²) in [6, 6.07) is 26.9. The first-order valence-corrected chi connectivity index (χ1v) is 20.0. The maximum Gasteiger partial charge on any atom is 0.148 e. The topological polar surface area (TPSA) is 50.9 Å². The van der Waals surface area contributed by atoms with Crippen LogP contribution in [0, 0.1) is 19.8 Å². The largest absolute Gasteiger partial charge is 0.507 e. The van der Waals surface area contributed by atoms with Gasteiger partial charge in [-0.1, -0.05) is 164 Å². The summed E-state index contributed by atoms with van der Waals surface area (Å²) >= 11 is 0. The average Bonchev–Trinajstić information content (AvgIpc) is 3.68. The van der Waals surface area contributed by atoms with E-state index in [0.29, 0.717) is 50.4 Å². The molecule has 0 aliphatic rings. The molecule has 2 aromatic heterocycles. The number of phenols is 1. The molecule has 0 aliphatic carbocycles. The van der Waals surface area contributed by atoms with Crippen LogP contribution >= 0.6 is 0 Å². The minimum Gasteiger partial charge on any atom is -0.507 e. The second kappa shape index (κ2) is 16.4. The van der Waals surface area contributed by atoms with Gasteiger partial charge in [0.1, 0.15) is 11.6 Å². The maximum atomic E-state index is 12.5. The summed E-state index contributed by atoms with van der Waals surface area (Å²) in [5.74, 6) is 0.348. The van der Waals surface area contributed by atoms with Crippen molar-refractivity contribution in [3.05, 3.63) is 167 Å². The molecule has 8 aromatic rings. The predicted molar refractivity (Wildman–Crippen MR) is 252 cm³/mol. The number of fused-ring (bicyclic) bond motifs is 1. The van der Waals surface area contributed by atoms with Crippen molar-refractivity contribution in [1.29, 1.82) is 0 Å². The second-order valence-corrected chi connectivity index (χ2v) is 18.4. The molecule has 0 bridgehead atoms. The Morgan fingerprint density at radius 2 is 1.31 bits per heavy atom. The van der Waals surface area contributed by atoms with Crippen molar-refractivity contribution >= 4 is 11.0 Å². The second-order valence-electron chi connectivity index (χ2n) is 18.4. The predicted octanol–water partition coefficient (Wildman–Crippen LogP) is 14.8. The van der Waals surface area contributed by atoms with Crippen LogP contribution in [-0.2, 0) is 37.3 Å². The number of aromatic nitrogens is 3. The number of imidazole rings is 1. The summed E-state index contributed by atoms with van der Waals surface area (Å²) in [5.41, 5.74) is 3.74. The van der Waals surface area contributed by atoms with Gasteiger partial charge in [-0.3, -0.25) is 9.55 Å². The summed E-state index contributed by atoms with van der Waals surface area (Å²) in [6.45, 7) is 12.8. The van der Waals surface area contributed by atoms with Gasteiger partial charge in [0.2, 0.25) is 0 Å². The van der Waals surface area contributed by atoms with Gasteiger partial charge in [-0.15, -0.1) is 29.3 Å². The number of pyridine rings is 1. The van der Waals surface area contributed by atoms with Gasteiger partial charge in [0.15, 0.2) is 0 Å². The fraction of sp³-hybridized carbons (Fsp3) is 0.250. The van der Waals surface area contributed by atoms with Crippen molar-refractivity contribution in [3.8, 4) is 67.5 Å². The number of aryl methyl sites for hydroxylation is 1. The third-order valence-electron chi connectivity index (χ3n) is 10.7. The van der Waals surface area contributed by atoms with Gasteiger partial charge < -0.3 is 5.11 Å². The minimum atomic E-state index is -2.99. The van der Waals surface area contributed by atoms with Gasteiger partial charge >= 0.3 is 0 Å². The van der Waals surface area contributed by atoms with E-state index in [-0.39, 0.29) is 49.1 Å². The molecule has 6 aromatic carbocycles. The van der Waals surface area contributed by atoms with Crippen LogP contribution in [0.3, 0.4) is 0 Å². The van der Waals surface area contributed by atoms with E-state index >= 15 is 0 Å². The molecule has 0 radical (unpaired) electrons. The summed E-state index contributed by atoms with van der Waals surface area (Å²) in [6.07, 6.45) is -0.625. The Morgan fingerprint density at radius 1 is 0.623 bits per heavy atom. The van der Waals surface area contributed by atoms with Crippen molar-refractivity contribution in [2.75, 3.05) is 0 Å². The zero-order valence-corrected chi connectivity index (χ0v) is 38.0. The van der Waals surface area contributed by atoms with Crippen LogP contribution in [0.2, 0.25) is 0 Å². The molecular formula is C56H56N3OPt-. The zero-order valence-electron chi connectivity index (χ0n) is 48.8. The monoisotopic (exact) mass is 994 g/mol. The zero-order chi connectivity index (χ0) is 53.8. The molecule has 0 saturated carbocycles. The van der Waals surface area contributed by atoms with Gasteiger partial charge in [-0.25, -0.2) is 4.98 Å². The molecule has 4 nitrogen and oxygen atoms in total. The molecule has 0 aliphatic heterocycles. The number of para-hydroxylation sites is 1. The molecule has 8 rings (SSSR count). The van der Waals surface area contributed by atoms with Crippen molar-refractivity contribution in [2.45, 2.75) is 92.3 Å². The SMILES string of the molecule is [2H]c1nc(-c2[c-]c(-c3cccc4c3nc(-c3cc(C(C)(C)C)cc(C(C)(C)C)c3O)n4-c3cc(-c4ccccc4)cc(C([2H])([2H])[2H])c3)cc(C(C)(C)C)c2)c([2H])c(-c2c([2H])c([2H])c(C([2H])([2H])[2H])c([2H])c2[2H])c1[2H].[Pt]. The first kappa shape index (κ1) is 29.6. The van der Waals surface area contributed by atoms with Crippen LogP contribution in [0.15, 0.2) is 133 Å². The third kappa shape index (κ3) is 8.79. The summed E-state index contributed by atoms with van der Waals surface area (Å²) < 4.78 is 114. The maximum absolute atomic E-state index is 12.5. The van der Waals surface area contributed by atoms with Crippen LogP contribution < -0.4 is 0 Å². The number of rotatable bonds is 6. The Bertz CT molecular complexity index is 3500. The molecule has 2 heterocycles. The molecule has 0 unspecified atom stereocenters. The fourth-order valence-corrected chi connectivity index (χ4v) is 7.39. The van der Waals surface area contributed by atoms with Crippen molar-refractivity contribution in [1.82, 2.24) is 14.5 Å². The van der Waals surface area contributed by atoms with E-state index in [1.165, 1.54) is 0 Å². The number of phenolic OH excluding ortho intramolecular Hbond substituents is 1. The summed E-state index contributed by atoms with van der Waals surface area (Å²) in [5, 5.41) is 12.5. The van der Waals surface area contributed by atoms with Gasteiger partial charge in [0.25, 0.3) is 0 Å². The Morgan fingerprint density at radius 3 is 1.98 bits per heavy atom. The van der Waals surface area contributed by atoms with Crippen LogP contribution in [-0.4, -0.2) is 19.6 Å². The molecule has 312 valence electrons. The van der Waals surface area contributed by atoms with Crippen molar-refractivity contribution < 1.29 is 44.0 Å². The average molecular weight is 995 g/mol. The quantitative estimate of drug-likeness (QED) is 0.169. The first-order valence-electron chi connectivity index (χ1n) is 26.5. The normalized spacial score (nSPS) is 15.6. The Balaban J connectivity index is 0.00000800. The number of benzene rings is 6.